The number of rotatable bonds is 5. The lowest BCUT2D eigenvalue weighted by Gasteiger charge is -2.33. The Bertz CT molecular complexity index is 369. The van der Waals surface area contributed by atoms with Crippen LogP contribution >= 0.6 is 0 Å². The van der Waals surface area contributed by atoms with Crippen molar-refractivity contribution < 1.29 is 5.11 Å². The monoisotopic (exact) mass is 263 g/mol. The molecule has 1 aromatic heterocycles. The number of aliphatic hydroxyl groups is 1. The minimum absolute atomic E-state index is 0.329. The van der Waals surface area contributed by atoms with Gasteiger partial charge in [0.05, 0.1) is 11.9 Å². The summed E-state index contributed by atoms with van der Waals surface area (Å²) in [4.78, 5) is 8.91. The van der Waals surface area contributed by atoms with E-state index in [1.165, 1.54) is 24.9 Å². The molecule has 19 heavy (non-hydrogen) atoms. The highest BCUT2D eigenvalue weighted by atomic mass is 16.2. The molecular formula is C15H25N3O. The molecule has 1 aliphatic rings. The Kier molecular flexibility index (Phi) is 5.02. The predicted octanol–water partition coefficient (Wildman–Crippen LogP) is 2.14. The first-order valence-electron chi connectivity index (χ1n) is 7.20. The minimum atomic E-state index is 0.329. The maximum atomic E-state index is 8.88. The van der Waals surface area contributed by atoms with Crippen LogP contribution in [0.5, 0.6) is 0 Å². The van der Waals surface area contributed by atoms with E-state index in [9.17, 15) is 0 Å². The maximum Gasteiger partial charge on any atom is 0.128 e. The molecule has 1 aliphatic heterocycles. The minimum Gasteiger partial charge on any atom is -0.396 e. The van der Waals surface area contributed by atoms with Gasteiger partial charge in [0.15, 0.2) is 0 Å². The summed E-state index contributed by atoms with van der Waals surface area (Å²) in [7, 11) is 4.02. The zero-order valence-corrected chi connectivity index (χ0v) is 12.0. The SMILES string of the molecule is CN(C)c1ccc(N2CCC(CCCO)CC2)cn1. The molecule has 0 aromatic carbocycles. The van der Waals surface area contributed by atoms with E-state index >= 15 is 0 Å². The van der Waals surface area contributed by atoms with Crippen LogP contribution in [0.15, 0.2) is 18.3 Å². The molecule has 0 radical (unpaired) electrons. The Labute approximate surface area is 116 Å². The average molecular weight is 263 g/mol. The Hall–Kier alpha value is -1.29. The van der Waals surface area contributed by atoms with Gasteiger partial charge in [0.25, 0.3) is 0 Å². The third-order valence-electron chi connectivity index (χ3n) is 3.94. The second kappa shape index (κ2) is 6.75. The lowest BCUT2D eigenvalue weighted by Crippen LogP contribution is -2.33. The van der Waals surface area contributed by atoms with Crippen LogP contribution in [0.3, 0.4) is 0 Å². The summed E-state index contributed by atoms with van der Waals surface area (Å²) in [5, 5.41) is 8.88. The van der Waals surface area contributed by atoms with E-state index in [1.54, 1.807) is 0 Å². The number of piperidine rings is 1. The van der Waals surface area contributed by atoms with Gasteiger partial charge in [-0.2, -0.15) is 0 Å². The van der Waals surface area contributed by atoms with Crippen LogP contribution in [0, 0.1) is 5.92 Å². The molecule has 2 heterocycles. The van der Waals surface area contributed by atoms with Gasteiger partial charge in [0, 0.05) is 33.8 Å². The van der Waals surface area contributed by atoms with E-state index in [1.807, 2.05) is 25.2 Å². The highest BCUT2D eigenvalue weighted by Gasteiger charge is 2.19. The van der Waals surface area contributed by atoms with Crippen LogP contribution in [-0.4, -0.2) is 43.9 Å². The summed E-state index contributed by atoms with van der Waals surface area (Å²) < 4.78 is 0. The molecule has 4 nitrogen and oxygen atoms in total. The molecule has 0 unspecified atom stereocenters. The molecule has 1 fully saturated rings. The van der Waals surface area contributed by atoms with Gasteiger partial charge in [-0.1, -0.05) is 0 Å². The molecule has 2 rings (SSSR count). The van der Waals surface area contributed by atoms with E-state index in [-0.39, 0.29) is 0 Å². The fraction of sp³-hybridized carbons (Fsp3) is 0.667. The molecule has 0 spiro atoms. The van der Waals surface area contributed by atoms with E-state index in [0.29, 0.717) is 6.61 Å². The maximum absolute atomic E-state index is 8.88. The first kappa shape index (κ1) is 14.1. The van der Waals surface area contributed by atoms with Gasteiger partial charge >= 0.3 is 0 Å². The fourth-order valence-electron chi connectivity index (χ4n) is 2.69. The molecule has 106 valence electrons. The topological polar surface area (TPSA) is 39.6 Å². The first-order chi connectivity index (χ1) is 9.20. The van der Waals surface area contributed by atoms with Crippen molar-refractivity contribution in [1.29, 1.82) is 0 Å². The quantitative estimate of drug-likeness (QED) is 0.883. The molecule has 1 aromatic rings. The number of nitrogens with zero attached hydrogens (tertiary/aromatic N) is 3. The molecule has 4 heteroatoms. The van der Waals surface area contributed by atoms with Crippen LogP contribution in [0.4, 0.5) is 11.5 Å². The zero-order chi connectivity index (χ0) is 13.7. The van der Waals surface area contributed by atoms with Crippen LogP contribution in [-0.2, 0) is 0 Å². The lowest BCUT2D eigenvalue weighted by molar-refractivity contribution is 0.261. The van der Waals surface area contributed by atoms with E-state index in [2.05, 4.69) is 22.0 Å². The summed E-state index contributed by atoms with van der Waals surface area (Å²) in [6.07, 6.45) is 6.56. The largest absolute Gasteiger partial charge is 0.396 e. The van der Waals surface area contributed by atoms with Crippen molar-refractivity contribution >= 4 is 11.5 Å². The van der Waals surface area contributed by atoms with Gasteiger partial charge in [-0.05, 0) is 43.7 Å². The van der Waals surface area contributed by atoms with Crippen LogP contribution in [0.1, 0.15) is 25.7 Å². The van der Waals surface area contributed by atoms with Gasteiger partial charge < -0.3 is 14.9 Å². The fourth-order valence-corrected chi connectivity index (χ4v) is 2.69. The third kappa shape index (κ3) is 3.83. The second-order valence-electron chi connectivity index (χ2n) is 5.57. The van der Waals surface area contributed by atoms with Crippen LogP contribution in [0.25, 0.3) is 0 Å². The first-order valence-corrected chi connectivity index (χ1v) is 7.20. The van der Waals surface area contributed by atoms with E-state index in [0.717, 1.165) is 31.2 Å². The Morgan fingerprint density at radius 3 is 2.58 bits per heavy atom. The summed E-state index contributed by atoms with van der Waals surface area (Å²) in [6, 6.07) is 4.24. The standard InChI is InChI=1S/C15H25N3O/c1-17(2)15-6-5-14(12-16-15)18-9-7-13(8-10-18)4-3-11-19/h5-6,12-13,19H,3-4,7-11H2,1-2H3. The molecule has 0 atom stereocenters. The molecule has 0 saturated carbocycles. The van der Waals surface area contributed by atoms with Crippen molar-refractivity contribution in [2.24, 2.45) is 5.92 Å². The molecule has 0 aliphatic carbocycles. The van der Waals surface area contributed by atoms with Gasteiger partial charge in [-0.3, -0.25) is 0 Å². The van der Waals surface area contributed by atoms with E-state index in [4.69, 9.17) is 5.11 Å². The van der Waals surface area contributed by atoms with Crippen molar-refractivity contribution in [1.82, 2.24) is 4.98 Å². The van der Waals surface area contributed by atoms with Gasteiger partial charge in [0.2, 0.25) is 0 Å². The van der Waals surface area contributed by atoms with Crippen molar-refractivity contribution in [2.45, 2.75) is 25.7 Å². The third-order valence-corrected chi connectivity index (χ3v) is 3.94. The summed E-state index contributed by atoms with van der Waals surface area (Å²) >= 11 is 0. The number of anilines is 2. The van der Waals surface area contributed by atoms with Crippen LogP contribution in [0.2, 0.25) is 0 Å². The Morgan fingerprint density at radius 1 is 1.32 bits per heavy atom. The highest BCUT2D eigenvalue weighted by Crippen LogP contribution is 2.26. The van der Waals surface area contributed by atoms with Gasteiger partial charge in [-0.25, -0.2) is 4.98 Å². The molecule has 0 bridgehead atoms. The summed E-state index contributed by atoms with van der Waals surface area (Å²) in [6.45, 7) is 2.55. The predicted molar refractivity (Wildman–Crippen MR) is 79.8 cm³/mol. The Morgan fingerprint density at radius 2 is 2.05 bits per heavy atom. The van der Waals surface area contributed by atoms with Crippen LogP contribution < -0.4 is 9.80 Å². The number of hydrogen-bond donors (Lipinski definition) is 1. The molecular weight excluding hydrogens is 238 g/mol. The highest BCUT2D eigenvalue weighted by molar-refractivity contribution is 5.50. The Balaban J connectivity index is 1.87. The normalized spacial score (nSPS) is 16.7. The number of aromatic nitrogens is 1. The average Bonchev–Trinajstić information content (AvgIpc) is 2.46. The summed E-state index contributed by atoms with van der Waals surface area (Å²) in [5.74, 6) is 1.79. The molecule has 0 amide bonds. The van der Waals surface area contributed by atoms with Crippen molar-refractivity contribution in [3.05, 3.63) is 18.3 Å². The van der Waals surface area contributed by atoms with Crippen molar-refractivity contribution in [2.75, 3.05) is 43.6 Å². The molecule has 1 N–H and O–H groups in total. The van der Waals surface area contributed by atoms with Crippen molar-refractivity contribution in [3.8, 4) is 0 Å². The lowest BCUT2D eigenvalue weighted by atomic mass is 9.92. The number of pyridine rings is 1. The second-order valence-corrected chi connectivity index (χ2v) is 5.57. The smallest absolute Gasteiger partial charge is 0.128 e. The number of aliphatic hydroxyl groups excluding tert-OH is 1. The van der Waals surface area contributed by atoms with Gasteiger partial charge in [-0.15, -0.1) is 0 Å². The molecule has 1 saturated heterocycles. The zero-order valence-electron chi connectivity index (χ0n) is 12.0. The number of hydrogen-bond acceptors (Lipinski definition) is 4. The van der Waals surface area contributed by atoms with Crippen molar-refractivity contribution in [3.63, 3.8) is 0 Å². The summed E-state index contributed by atoms with van der Waals surface area (Å²) in [5.41, 5.74) is 1.23. The van der Waals surface area contributed by atoms with Gasteiger partial charge in [0.1, 0.15) is 5.82 Å². The van der Waals surface area contributed by atoms with E-state index < -0.39 is 0 Å².